The van der Waals surface area contributed by atoms with Gasteiger partial charge in [0.05, 0.1) is 34.7 Å². The van der Waals surface area contributed by atoms with Gasteiger partial charge in [-0.1, -0.05) is 17.3 Å². The van der Waals surface area contributed by atoms with E-state index >= 15 is 0 Å². The van der Waals surface area contributed by atoms with Crippen molar-refractivity contribution >= 4 is 27.0 Å². The SMILES string of the molecule is COC(=O)c1ccccc1S(=O)(=O)N1CCC(n2nnc3cc(C(F)(F)F)ccc32)CC1. The molecule has 0 bridgehead atoms. The summed E-state index contributed by atoms with van der Waals surface area (Å²) in [6, 6.07) is 8.86. The van der Waals surface area contributed by atoms with Crippen molar-refractivity contribution in [3.05, 3.63) is 53.6 Å². The number of aromatic nitrogens is 3. The second kappa shape index (κ2) is 8.17. The summed E-state index contributed by atoms with van der Waals surface area (Å²) in [6.07, 6.45) is -3.70. The van der Waals surface area contributed by atoms with E-state index in [4.69, 9.17) is 0 Å². The smallest absolute Gasteiger partial charge is 0.416 e. The molecule has 0 atom stereocenters. The predicted octanol–water partition coefficient (Wildman–Crippen LogP) is 3.26. The van der Waals surface area contributed by atoms with Crippen LogP contribution in [0.15, 0.2) is 47.4 Å². The Morgan fingerprint density at radius 1 is 1.12 bits per heavy atom. The second-order valence-corrected chi connectivity index (χ2v) is 9.26. The topological polar surface area (TPSA) is 94.4 Å². The molecule has 0 N–H and O–H groups in total. The van der Waals surface area contributed by atoms with Crippen molar-refractivity contribution in [2.45, 2.75) is 30.0 Å². The van der Waals surface area contributed by atoms with E-state index in [-0.39, 0.29) is 35.1 Å². The first-order chi connectivity index (χ1) is 15.1. The zero-order chi connectivity index (χ0) is 23.1. The highest BCUT2D eigenvalue weighted by Crippen LogP contribution is 2.33. The van der Waals surface area contributed by atoms with Crippen LogP contribution in [-0.4, -0.2) is 53.9 Å². The van der Waals surface area contributed by atoms with Gasteiger partial charge in [-0.3, -0.25) is 0 Å². The van der Waals surface area contributed by atoms with Crippen molar-refractivity contribution in [1.82, 2.24) is 19.3 Å². The number of carbonyl (C=O) groups excluding carboxylic acids is 1. The van der Waals surface area contributed by atoms with Crippen LogP contribution in [0.25, 0.3) is 11.0 Å². The maximum Gasteiger partial charge on any atom is 0.416 e. The summed E-state index contributed by atoms with van der Waals surface area (Å²) in [6.45, 7) is 0.314. The van der Waals surface area contributed by atoms with Gasteiger partial charge in [0, 0.05) is 13.1 Å². The van der Waals surface area contributed by atoms with Crippen LogP contribution in [0.4, 0.5) is 13.2 Å². The summed E-state index contributed by atoms with van der Waals surface area (Å²) in [5.41, 5.74) is -0.265. The second-order valence-electron chi connectivity index (χ2n) is 7.36. The Morgan fingerprint density at radius 3 is 2.47 bits per heavy atom. The van der Waals surface area contributed by atoms with Crippen LogP contribution >= 0.6 is 0 Å². The number of hydrogen-bond donors (Lipinski definition) is 0. The normalized spacial score (nSPS) is 16.4. The molecule has 1 aliphatic rings. The lowest BCUT2D eigenvalue weighted by Crippen LogP contribution is -2.39. The molecule has 8 nitrogen and oxygen atoms in total. The maximum atomic E-state index is 13.1. The van der Waals surface area contributed by atoms with Crippen LogP contribution in [0.3, 0.4) is 0 Å². The highest BCUT2D eigenvalue weighted by Gasteiger charge is 2.34. The molecule has 2 aromatic carbocycles. The van der Waals surface area contributed by atoms with Crippen molar-refractivity contribution in [3.8, 4) is 0 Å². The van der Waals surface area contributed by atoms with Gasteiger partial charge in [0.15, 0.2) is 0 Å². The number of esters is 1. The summed E-state index contributed by atoms with van der Waals surface area (Å²) in [4.78, 5) is 11.9. The minimum Gasteiger partial charge on any atom is -0.465 e. The van der Waals surface area contributed by atoms with E-state index in [2.05, 4.69) is 15.0 Å². The molecule has 0 spiro atoms. The number of fused-ring (bicyclic) bond motifs is 1. The summed E-state index contributed by atoms with van der Waals surface area (Å²) in [5, 5.41) is 7.86. The Balaban J connectivity index is 1.54. The fourth-order valence-corrected chi connectivity index (χ4v) is 5.47. The Bertz CT molecular complexity index is 1270. The molecule has 3 aromatic rings. The van der Waals surface area contributed by atoms with Gasteiger partial charge in [-0.05, 0) is 43.2 Å². The molecular formula is C20H19F3N4O4S. The van der Waals surface area contributed by atoms with E-state index in [9.17, 15) is 26.4 Å². The van der Waals surface area contributed by atoms with E-state index in [0.29, 0.717) is 18.4 Å². The number of ether oxygens (including phenoxy) is 1. The van der Waals surface area contributed by atoms with Crippen LogP contribution < -0.4 is 0 Å². The number of sulfonamides is 1. The van der Waals surface area contributed by atoms with Crippen LogP contribution in [0.5, 0.6) is 0 Å². The van der Waals surface area contributed by atoms with Gasteiger partial charge < -0.3 is 4.74 Å². The third-order valence-corrected chi connectivity index (χ3v) is 7.43. The molecule has 0 radical (unpaired) electrons. The molecule has 0 amide bonds. The van der Waals surface area contributed by atoms with Crippen molar-refractivity contribution in [2.24, 2.45) is 0 Å². The van der Waals surface area contributed by atoms with Gasteiger partial charge in [0.1, 0.15) is 5.52 Å². The standard InChI is InChI=1S/C20H19F3N4O4S/c1-31-19(28)15-4-2-3-5-18(15)32(29,30)26-10-8-14(9-11-26)27-17-7-6-13(20(21,22)23)12-16(17)24-25-27/h2-7,12,14H,8-11H2,1H3. The van der Waals surface area contributed by atoms with E-state index in [1.807, 2.05) is 0 Å². The van der Waals surface area contributed by atoms with Gasteiger partial charge in [0.2, 0.25) is 10.0 Å². The molecule has 1 aliphatic heterocycles. The zero-order valence-electron chi connectivity index (χ0n) is 16.9. The largest absolute Gasteiger partial charge is 0.465 e. The van der Waals surface area contributed by atoms with Crippen molar-refractivity contribution < 1.29 is 31.1 Å². The first kappa shape index (κ1) is 22.2. The number of halogens is 3. The molecular weight excluding hydrogens is 449 g/mol. The highest BCUT2D eigenvalue weighted by atomic mass is 32.2. The molecule has 1 aromatic heterocycles. The monoisotopic (exact) mass is 468 g/mol. The van der Waals surface area contributed by atoms with Gasteiger partial charge >= 0.3 is 12.1 Å². The lowest BCUT2D eigenvalue weighted by atomic mass is 10.1. The molecule has 32 heavy (non-hydrogen) atoms. The first-order valence-corrected chi connectivity index (χ1v) is 11.2. The Morgan fingerprint density at radius 2 is 1.81 bits per heavy atom. The fraction of sp³-hybridized carbons (Fsp3) is 0.350. The Kier molecular flexibility index (Phi) is 5.67. The quantitative estimate of drug-likeness (QED) is 0.546. The van der Waals surface area contributed by atoms with E-state index in [1.54, 1.807) is 10.7 Å². The summed E-state index contributed by atoms with van der Waals surface area (Å²) < 4.78 is 72.6. The third-order valence-electron chi connectivity index (χ3n) is 5.48. The lowest BCUT2D eigenvalue weighted by Gasteiger charge is -2.31. The number of piperidine rings is 1. The van der Waals surface area contributed by atoms with Gasteiger partial charge in [-0.2, -0.15) is 17.5 Å². The van der Waals surface area contributed by atoms with Gasteiger partial charge in [-0.15, -0.1) is 5.10 Å². The van der Waals surface area contributed by atoms with Crippen molar-refractivity contribution in [3.63, 3.8) is 0 Å². The summed E-state index contributed by atoms with van der Waals surface area (Å²) in [7, 11) is -2.76. The number of alkyl halides is 3. The van der Waals surface area contributed by atoms with E-state index in [1.165, 1.54) is 35.7 Å². The van der Waals surface area contributed by atoms with Crippen LogP contribution in [-0.2, 0) is 20.9 Å². The Labute approximate surface area is 181 Å². The minimum absolute atomic E-state index is 0.0418. The molecule has 0 saturated carbocycles. The molecule has 2 heterocycles. The van der Waals surface area contributed by atoms with Crippen molar-refractivity contribution in [1.29, 1.82) is 0 Å². The number of carbonyl (C=O) groups is 1. The molecule has 1 fully saturated rings. The zero-order valence-corrected chi connectivity index (χ0v) is 17.7. The predicted molar refractivity (Wildman–Crippen MR) is 107 cm³/mol. The number of rotatable bonds is 4. The Hall–Kier alpha value is -2.99. The van der Waals surface area contributed by atoms with E-state index in [0.717, 1.165) is 12.1 Å². The number of benzene rings is 2. The first-order valence-electron chi connectivity index (χ1n) is 9.72. The molecule has 0 aliphatic carbocycles. The summed E-state index contributed by atoms with van der Waals surface area (Å²) in [5.74, 6) is -0.744. The number of nitrogens with zero attached hydrogens (tertiary/aromatic N) is 4. The number of methoxy groups -OCH3 is 1. The fourth-order valence-electron chi connectivity index (χ4n) is 3.82. The number of hydrogen-bond acceptors (Lipinski definition) is 6. The maximum absolute atomic E-state index is 13.1. The molecule has 170 valence electrons. The molecule has 0 unspecified atom stereocenters. The molecule has 1 saturated heterocycles. The van der Waals surface area contributed by atoms with Gasteiger partial charge in [0.25, 0.3) is 0 Å². The van der Waals surface area contributed by atoms with Crippen molar-refractivity contribution in [2.75, 3.05) is 20.2 Å². The van der Waals surface area contributed by atoms with Gasteiger partial charge in [-0.25, -0.2) is 17.9 Å². The minimum atomic E-state index is -4.47. The highest BCUT2D eigenvalue weighted by molar-refractivity contribution is 7.89. The average Bonchev–Trinajstić information content (AvgIpc) is 3.21. The third kappa shape index (κ3) is 3.95. The summed E-state index contributed by atoms with van der Waals surface area (Å²) >= 11 is 0. The average molecular weight is 468 g/mol. The molecule has 4 rings (SSSR count). The van der Waals surface area contributed by atoms with E-state index < -0.39 is 27.7 Å². The lowest BCUT2D eigenvalue weighted by molar-refractivity contribution is -0.137. The van der Waals surface area contributed by atoms with Crippen LogP contribution in [0.1, 0.15) is 34.8 Å². The van der Waals surface area contributed by atoms with Crippen LogP contribution in [0.2, 0.25) is 0 Å². The molecule has 12 heteroatoms. The van der Waals surface area contributed by atoms with Crippen LogP contribution in [0, 0.1) is 0 Å².